The lowest BCUT2D eigenvalue weighted by Gasteiger charge is -2.09. The Morgan fingerprint density at radius 3 is 2.70 bits per heavy atom. The molecule has 0 aromatic carbocycles. The first-order valence-corrected chi connectivity index (χ1v) is 4.23. The highest BCUT2D eigenvalue weighted by Gasteiger charge is 2.49. The van der Waals surface area contributed by atoms with Crippen molar-refractivity contribution in [1.82, 2.24) is 3.53 Å². The molecular weight excluding hydrogens is 245 g/mol. The summed E-state index contributed by atoms with van der Waals surface area (Å²) in [5.41, 5.74) is -0.171. The second-order valence-electron chi connectivity index (χ2n) is 2.64. The third-order valence-corrected chi connectivity index (χ3v) is 2.33. The van der Waals surface area contributed by atoms with E-state index >= 15 is 0 Å². The van der Waals surface area contributed by atoms with E-state index in [4.69, 9.17) is 4.74 Å². The van der Waals surface area contributed by atoms with E-state index in [1.165, 1.54) is 0 Å². The van der Waals surface area contributed by atoms with Gasteiger partial charge in [0.15, 0.2) is 0 Å². The van der Waals surface area contributed by atoms with Gasteiger partial charge in [-0.1, -0.05) is 0 Å². The number of ether oxygens (including phenoxy) is 1. The van der Waals surface area contributed by atoms with Crippen molar-refractivity contribution in [2.75, 3.05) is 13.7 Å². The van der Waals surface area contributed by atoms with Gasteiger partial charge < -0.3 is 4.74 Å². The van der Waals surface area contributed by atoms with Gasteiger partial charge in [-0.15, -0.1) is 0 Å². The second kappa shape index (κ2) is 3.04. The van der Waals surface area contributed by atoms with Crippen molar-refractivity contribution >= 4 is 28.8 Å². The number of methoxy groups -OCH3 is 1. The number of halogens is 1. The molecule has 1 saturated carbocycles. The van der Waals surface area contributed by atoms with Crippen LogP contribution in [-0.2, 0) is 9.53 Å². The molecule has 0 aliphatic heterocycles. The lowest BCUT2D eigenvalue weighted by atomic mass is 10.1. The molecule has 0 bridgehead atoms. The predicted molar refractivity (Wildman–Crippen MR) is 45.7 cm³/mol. The Bertz CT molecular complexity index is 145. The standard InChI is InChI=1S/C6H10INO2/c1-10-4-6(2-3-6)5(9)8-7/h2-4H2,1H3,(H,8,9). The van der Waals surface area contributed by atoms with Crippen molar-refractivity contribution in [2.45, 2.75) is 12.8 Å². The van der Waals surface area contributed by atoms with Crippen molar-refractivity contribution < 1.29 is 9.53 Å². The number of nitrogens with one attached hydrogen (secondary N) is 1. The molecule has 0 spiro atoms. The SMILES string of the molecule is COCC1(C(=O)NI)CC1. The van der Waals surface area contributed by atoms with Gasteiger partial charge in [-0.3, -0.25) is 8.32 Å². The minimum Gasteiger partial charge on any atom is -0.384 e. The van der Waals surface area contributed by atoms with Crippen LogP contribution < -0.4 is 3.53 Å². The highest BCUT2D eigenvalue weighted by Crippen LogP contribution is 2.46. The smallest absolute Gasteiger partial charge is 0.237 e. The zero-order chi connectivity index (χ0) is 7.61. The van der Waals surface area contributed by atoms with E-state index < -0.39 is 0 Å². The molecule has 1 aliphatic carbocycles. The Labute approximate surface area is 74.0 Å². The van der Waals surface area contributed by atoms with Crippen LogP contribution in [-0.4, -0.2) is 19.6 Å². The van der Waals surface area contributed by atoms with Crippen LogP contribution in [0.1, 0.15) is 12.8 Å². The summed E-state index contributed by atoms with van der Waals surface area (Å²) in [6.07, 6.45) is 1.94. The molecule has 0 aromatic heterocycles. The Kier molecular flexibility index (Phi) is 2.51. The van der Waals surface area contributed by atoms with E-state index in [1.54, 1.807) is 7.11 Å². The van der Waals surface area contributed by atoms with Crippen LogP contribution in [0.5, 0.6) is 0 Å². The van der Waals surface area contributed by atoms with Crippen LogP contribution in [0.15, 0.2) is 0 Å². The lowest BCUT2D eigenvalue weighted by Crippen LogP contribution is -2.28. The summed E-state index contributed by atoms with van der Waals surface area (Å²) in [4.78, 5) is 11.1. The Morgan fingerprint density at radius 2 is 2.40 bits per heavy atom. The number of carbonyl (C=O) groups is 1. The zero-order valence-electron chi connectivity index (χ0n) is 5.82. The predicted octanol–water partition coefficient (Wildman–Crippen LogP) is 0.879. The third-order valence-electron chi connectivity index (χ3n) is 1.84. The number of carbonyl (C=O) groups excluding carboxylic acids is 1. The quantitative estimate of drug-likeness (QED) is 0.600. The molecule has 58 valence electrons. The van der Waals surface area contributed by atoms with Gasteiger partial charge in [0.25, 0.3) is 0 Å². The van der Waals surface area contributed by atoms with Crippen LogP contribution in [0, 0.1) is 5.41 Å². The van der Waals surface area contributed by atoms with Crippen molar-refractivity contribution in [2.24, 2.45) is 5.41 Å². The highest BCUT2D eigenvalue weighted by molar-refractivity contribution is 14.1. The van der Waals surface area contributed by atoms with Crippen LogP contribution in [0.3, 0.4) is 0 Å². The minimum atomic E-state index is -0.171. The molecule has 0 heterocycles. The molecule has 1 amide bonds. The van der Waals surface area contributed by atoms with E-state index in [0.717, 1.165) is 12.8 Å². The van der Waals surface area contributed by atoms with Gasteiger partial charge >= 0.3 is 0 Å². The summed E-state index contributed by atoms with van der Waals surface area (Å²) in [5, 5.41) is 0. The molecule has 4 heteroatoms. The first-order valence-electron chi connectivity index (χ1n) is 3.15. The zero-order valence-corrected chi connectivity index (χ0v) is 7.97. The van der Waals surface area contributed by atoms with Gasteiger partial charge in [0, 0.05) is 7.11 Å². The fourth-order valence-electron chi connectivity index (χ4n) is 0.964. The van der Waals surface area contributed by atoms with Crippen molar-refractivity contribution in [3.63, 3.8) is 0 Å². The van der Waals surface area contributed by atoms with Gasteiger partial charge in [-0.05, 0) is 12.8 Å². The second-order valence-corrected chi connectivity index (χ2v) is 3.18. The highest BCUT2D eigenvalue weighted by atomic mass is 127. The normalized spacial score (nSPS) is 20.2. The summed E-state index contributed by atoms with van der Waals surface area (Å²) in [6.45, 7) is 0.557. The van der Waals surface area contributed by atoms with Gasteiger partial charge in [0.05, 0.1) is 34.9 Å². The molecule has 0 radical (unpaired) electrons. The minimum absolute atomic E-state index is 0.106. The van der Waals surface area contributed by atoms with E-state index in [0.29, 0.717) is 6.61 Å². The number of hydrogen-bond acceptors (Lipinski definition) is 2. The maximum absolute atomic E-state index is 11.1. The molecule has 0 saturated heterocycles. The van der Waals surface area contributed by atoms with E-state index in [-0.39, 0.29) is 11.3 Å². The Morgan fingerprint density at radius 1 is 1.80 bits per heavy atom. The molecule has 0 atom stereocenters. The number of rotatable bonds is 3. The maximum Gasteiger partial charge on any atom is 0.237 e. The Hall–Kier alpha value is 0.160. The van der Waals surface area contributed by atoms with E-state index in [9.17, 15) is 4.79 Å². The summed E-state index contributed by atoms with van der Waals surface area (Å²) < 4.78 is 7.53. The van der Waals surface area contributed by atoms with Gasteiger partial charge in [-0.25, -0.2) is 0 Å². The lowest BCUT2D eigenvalue weighted by molar-refractivity contribution is -0.125. The molecule has 1 aliphatic rings. The summed E-state index contributed by atoms with van der Waals surface area (Å²) in [5.74, 6) is 0.106. The van der Waals surface area contributed by atoms with Gasteiger partial charge in [0.2, 0.25) is 5.91 Å². The molecule has 0 aromatic rings. The molecule has 1 fully saturated rings. The molecule has 10 heavy (non-hydrogen) atoms. The van der Waals surface area contributed by atoms with Crippen molar-refractivity contribution in [1.29, 1.82) is 0 Å². The monoisotopic (exact) mass is 255 g/mol. The molecule has 0 unspecified atom stereocenters. The average molecular weight is 255 g/mol. The summed E-state index contributed by atoms with van der Waals surface area (Å²) >= 11 is 1.86. The maximum atomic E-state index is 11.1. The number of amides is 1. The summed E-state index contributed by atoms with van der Waals surface area (Å²) in [6, 6.07) is 0. The average Bonchev–Trinajstić information content (AvgIpc) is 2.69. The van der Waals surface area contributed by atoms with Gasteiger partial charge in [0.1, 0.15) is 0 Å². The number of hydrogen-bond donors (Lipinski definition) is 1. The van der Waals surface area contributed by atoms with Gasteiger partial charge in [-0.2, -0.15) is 0 Å². The first kappa shape index (κ1) is 8.26. The largest absolute Gasteiger partial charge is 0.384 e. The molecule has 1 rings (SSSR count). The topological polar surface area (TPSA) is 38.3 Å². The van der Waals surface area contributed by atoms with Crippen molar-refractivity contribution in [3.8, 4) is 0 Å². The van der Waals surface area contributed by atoms with Crippen LogP contribution in [0.2, 0.25) is 0 Å². The molecular formula is C6H10INO2. The fraction of sp³-hybridized carbons (Fsp3) is 0.833. The molecule has 1 N–H and O–H groups in total. The Balaban J connectivity index is 2.43. The van der Waals surface area contributed by atoms with E-state index in [1.807, 2.05) is 22.9 Å². The van der Waals surface area contributed by atoms with E-state index in [2.05, 4.69) is 3.53 Å². The molecule has 3 nitrogen and oxygen atoms in total. The fourth-order valence-corrected chi connectivity index (χ4v) is 1.54. The van der Waals surface area contributed by atoms with Crippen LogP contribution >= 0.6 is 22.9 Å². The summed E-state index contributed by atoms with van der Waals surface area (Å²) in [7, 11) is 1.63. The van der Waals surface area contributed by atoms with Crippen LogP contribution in [0.25, 0.3) is 0 Å². The van der Waals surface area contributed by atoms with Crippen LogP contribution in [0.4, 0.5) is 0 Å². The first-order chi connectivity index (χ1) is 4.75. The third kappa shape index (κ3) is 1.42. The van der Waals surface area contributed by atoms with Crippen molar-refractivity contribution in [3.05, 3.63) is 0 Å².